The van der Waals surface area contributed by atoms with Crippen molar-refractivity contribution in [2.75, 3.05) is 47.5 Å². The minimum atomic E-state index is -4.39. The fraction of sp³-hybridized carbons (Fsp3) is 0.825. The van der Waals surface area contributed by atoms with E-state index in [0.717, 1.165) is 51.4 Å². The van der Waals surface area contributed by atoms with Gasteiger partial charge in [0.1, 0.15) is 19.8 Å². The van der Waals surface area contributed by atoms with Gasteiger partial charge in [-0.1, -0.05) is 210 Å². The van der Waals surface area contributed by atoms with Crippen LogP contribution in [-0.4, -0.2) is 74.9 Å². The number of phosphoric acid groups is 1. The quantitative estimate of drug-likeness (QED) is 0.0211. The Balaban J connectivity index is 4.20. The lowest BCUT2D eigenvalue weighted by Gasteiger charge is -2.24. The average molecular weight is 965 g/mol. The molecule has 0 bridgehead atoms. The summed E-state index contributed by atoms with van der Waals surface area (Å²) in [6.45, 7) is 4.43. The van der Waals surface area contributed by atoms with Crippen LogP contribution in [0.2, 0.25) is 0 Å². The molecule has 67 heavy (non-hydrogen) atoms. The van der Waals surface area contributed by atoms with E-state index in [2.05, 4.69) is 62.5 Å². The van der Waals surface area contributed by atoms with Crippen LogP contribution in [0.15, 0.2) is 48.6 Å². The van der Waals surface area contributed by atoms with Crippen LogP contribution < -0.4 is 0 Å². The van der Waals surface area contributed by atoms with Gasteiger partial charge in [-0.3, -0.25) is 18.6 Å². The summed E-state index contributed by atoms with van der Waals surface area (Å²) in [5, 5.41) is 0. The molecule has 0 aromatic rings. The van der Waals surface area contributed by atoms with E-state index in [-0.39, 0.29) is 32.0 Å². The lowest BCUT2D eigenvalue weighted by Crippen LogP contribution is -2.37. The minimum Gasteiger partial charge on any atom is -0.462 e. The summed E-state index contributed by atoms with van der Waals surface area (Å²) in [6.07, 6.45) is 60.2. The molecular weight excluding hydrogens is 858 g/mol. The molecule has 1 N–H and O–H groups in total. The van der Waals surface area contributed by atoms with Crippen LogP contribution in [0.1, 0.15) is 251 Å². The predicted molar refractivity (Wildman–Crippen MR) is 284 cm³/mol. The smallest absolute Gasteiger partial charge is 0.462 e. The molecule has 0 aliphatic heterocycles. The standard InChI is InChI=1S/C57H106NO8P/c1-6-8-10-12-14-16-18-20-22-24-26-27-28-29-30-31-32-34-36-38-40-42-44-46-48-50-57(60)66-55(54-65-67(61,62)64-52-51-58(3,4)5)53-63-56(59)49-47-45-43-41-39-37-35-33-25-23-21-19-17-15-13-11-9-7-2/h18,20,23-26,28-29,55H,6-17,19,21-22,27,30-54H2,1-5H3/p+1/b20-18-,25-23-,26-24-,29-28-. The molecule has 0 aliphatic carbocycles. The molecule has 0 rings (SSSR count). The Morgan fingerprint density at radius 3 is 1.21 bits per heavy atom. The number of unbranched alkanes of at least 4 members (excludes halogenated alkanes) is 29. The van der Waals surface area contributed by atoms with E-state index < -0.39 is 26.5 Å². The lowest BCUT2D eigenvalue weighted by atomic mass is 10.0. The Kier molecular flexibility index (Phi) is 47.5. The number of ether oxygens (including phenoxy) is 2. The van der Waals surface area contributed by atoms with Crippen molar-refractivity contribution in [1.29, 1.82) is 0 Å². The number of carbonyl (C=O) groups is 2. The number of esters is 2. The second-order valence-corrected chi connectivity index (χ2v) is 21.4. The molecule has 0 spiro atoms. The van der Waals surface area contributed by atoms with Crippen LogP contribution in [0, 0.1) is 0 Å². The highest BCUT2D eigenvalue weighted by atomic mass is 31.2. The maximum absolute atomic E-state index is 12.8. The number of allylic oxidation sites excluding steroid dienone is 8. The Hall–Kier alpha value is -2.03. The van der Waals surface area contributed by atoms with Crippen molar-refractivity contribution in [3.05, 3.63) is 48.6 Å². The molecule has 0 radical (unpaired) electrons. The topological polar surface area (TPSA) is 108 Å². The summed E-state index contributed by atoms with van der Waals surface area (Å²) in [5.74, 6) is -0.801. The molecule has 2 atom stereocenters. The zero-order valence-corrected chi connectivity index (χ0v) is 45.3. The molecule has 392 valence electrons. The van der Waals surface area contributed by atoms with Crippen LogP contribution in [0.25, 0.3) is 0 Å². The van der Waals surface area contributed by atoms with Crippen molar-refractivity contribution < 1.29 is 42.1 Å². The third kappa shape index (κ3) is 53.2. The Bertz CT molecular complexity index is 1270. The van der Waals surface area contributed by atoms with Crippen LogP contribution in [0.3, 0.4) is 0 Å². The number of quaternary nitrogens is 1. The largest absolute Gasteiger partial charge is 0.472 e. The van der Waals surface area contributed by atoms with Gasteiger partial charge in [-0.2, -0.15) is 0 Å². The van der Waals surface area contributed by atoms with E-state index in [1.165, 1.54) is 167 Å². The molecule has 0 saturated heterocycles. The van der Waals surface area contributed by atoms with Crippen LogP contribution in [0.4, 0.5) is 0 Å². The van der Waals surface area contributed by atoms with Crippen molar-refractivity contribution in [2.24, 2.45) is 0 Å². The number of phosphoric ester groups is 1. The molecule has 0 heterocycles. The first-order valence-corrected chi connectivity index (χ1v) is 29.4. The molecule has 0 aliphatic rings. The summed E-state index contributed by atoms with van der Waals surface area (Å²) >= 11 is 0. The predicted octanol–water partition coefficient (Wildman–Crippen LogP) is 17.0. The zero-order valence-electron chi connectivity index (χ0n) is 44.4. The van der Waals surface area contributed by atoms with E-state index in [4.69, 9.17) is 18.5 Å². The number of hydrogen-bond donors (Lipinski definition) is 1. The number of carbonyl (C=O) groups excluding carboxylic acids is 2. The van der Waals surface area contributed by atoms with E-state index in [1.807, 2.05) is 21.1 Å². The van der Waals surface area contributed by atoms with E-state index in [0.29, 0.717) is 17.4 Å². The monoisotopic (exact) mass is 965 g/mol. The normalized spacial score (nSPS) is 13.7. The molecular formula is C57H107NO8P+. The Morgan fingerprint density at radius 1 is 0.463 bits per heavy atom. The van der Waals surface area contributed by atoms with Gasteiger partial charge in [-0.05, 0) is 77.0 Å². The maximum atomic E-state index is 12.8. The molecule has 0 fully saturated rings. The highest BCUT2D eigenvalue weighted by molar-refractivity contribution is 7.47. The third-order valence-corrected chi connectivity index (χ3v) is 13.1. The van der Waals surface area contributed by atoms with E-state index in [9.17, 15) is 19.0 Å². The fourth-order valence-corrected chi connectivity index (χ4v) is 8.46. The SMILES string of the molecule is CCCCCCC/C=C\C/C=C\C/C=C\CCCCCCCCCCCCC(=O)OC(COC(=O)CCCCCCCCC/C=C\CCCCCCCCC)COP(=O)(O)OCC[N+](C)(C)C. The van der Waals surface area contributed by atoms with Crippen molar-refractivity contribution >= 4 is 19.8 Å². The van der Waals surface area contributed by atoms with Gasteiger partial charge in [-0.15, -0.1) is 0 Å². The van der Waals surface area contributed by atoms with Gasteiger partial charge in [0.05, 0.1) is 27.7 Å². The molecule has 0 aromatic heterocycles. The molecule has 9 nitrogen and oxygen atoms in total. The third-order valence-electron chi connectivity index (χ3n) is 12.1. The second-order valence-electron chi connectivity index (χ2n) is 20.0. The average Bonchev–Trinajstić information content (AvgIpc) is 3.29. The fourth-order valence-electron chi connectivity index (χ4n) is 7.72. The second kappa shape index (κ2) is 49.0. The number of rotatable bonds is 51. The highest BCUT2D eigenvalue weighted by Crippen LogP contribution is 2.43. The molecule has 0 aromatic carbocycles. The van der Waals surface area contributed by atoms with Gasteiger partial charge in [0.15, 0.2) is 6.10 Å². The summed E-state index contributed by atoms with van der Waals surface area (Å²) in [5.41, 5.74) is 0. The highest BCUT2D eigenvalue weighted by Gasteiger charge is 2.27. The summed E-state index contributed by atoms with van der Waals surface area (Å²) in [7, 11) is 1.47. The molecule has 0 saturated carbocycles. The van der Waals surface area contributed by atoms with Crippen molar-refractivity contribution in [2.45, 2.75) is 258 Å². The van der Waals surface area contributed by atoms with Gasteiger partial charge in [0.2, 0.25) is 0 Å². The molecule has 10 heteroatoms. The number of likely N-dealkylation sites (N-methyl/N-ethyl adjacent to an activating group) is 1. The Morgan fingerprint density at radius 2 is 0.806 bits per heavy atom. The van der Waals surface area contributed by atoms with E-state index >= 15 is 0 Å². The Labute approximate surface area is 414 Å². The summed E-state index contributed by atoms with van der Waals surface area (Å²) in [6, 6.07) is 0. The first-order valence-electron chi connectivity index (χ1n) is 27.9. The van der Waals surface area contributed by atoms with Gasteiger partial charge < -0.3 is 18.9 Å². The van der Waals surface area contributed by atoms with Crippen molar-refractivity contribution in [1.82, 2.24) is 0 Å². The first kappa shape index (κ1) is 65.0. The van der Waals surface area contributed by atoms with Crippen LogP contribution in [-0.2, 0) is 32.7 Å². The maximum Gasteiger partial charge on any atom is 0.472 e. The molecule has 2 unspecified atom stereocenters. The van der Waals surface area contributed by atoms with Gasteiger partial charge in [0, 0.05) is 12.8 Å². The van der Waals surface area contributed by atoms with Gasteiger partial charge in [0.25, 0.3) is 0 Å². The van der Waals surface area contributed by atoms with Gasteiger partial charge in [-0.25, -0.2) is 4.57 Å². The number of nitrogens with zero attached hydrogens (tertiary/aromatic N) is 1. The van der Waals surface area contributed by atoms with Crippen LogP contribution in [0.5, 0.6) is 0 Å². The van der Waals surface area contributed by atoms with Gasteiger partial charge >= 0.3 is 19.8 Å². The van der Waals surface area contributed by atoms with Crippen molar-refractivity contribution in [3.8, 4) is 0 Å². The summed E-state index contributed by atoms with van der Waals surface area (Å²) in [4.78, 5) is 35.6. The zero-order chi connectivity index (χ0) is 49.2. The first-order chi connectivity index (χ1) is 32.5. The van der Waals surface area contributed by atoms with Crippen LogP contribution >= 0.6 is 7.82 Å². The minimum absolute atomic E-state index is 0.0296. The molecule has 0 amide bonds. The summed E-state index contributed by atoms with van der Waals surface area (Å²) < 4.78 is 34.5. The number of hydrogen-bond acceptors (Lipinski definition) is 7. The lowest BCUT2D eigenvalue weighted by molar-refractivity contribution is -0.870. The van der Waals surface area contributed by atoms with E-state index in [1.54, 1.807) is 0 Å². The van der Waals surface area contributed by atoms with Crippen molar-refractivity contribution in [3.63, 3.8) is 0 Å².